The third kappa shape index (κ3) is 2.45. The third-order valence-corrected chi connectivity index (χ3v) is 4.07. The van der Waals surface area contributed by atoms with Gasteiger partial charge in [-0.2, -0.15) is 0 Å². The number of carbonyl (C=O) groups excluding carboxylic acids is 1. The van der Waals surface area contributed by atoms with E-state index in [1.165, 1.54) is 16.7 Å². The van der Waals surface area contributed by atoms with Crippen LogP contribution in [-0.4, -0.2) is 11.1 Å². The van der Waals surface area contributed by atoms with Gasteiger partial charge in [0, 0.05) is 5.56 Å². The van der Waals surface area contributed by atoms with E-state index in [0.29, 0.717) is 11.5 Å². The minimum absolute atomic E-state index is 0.446. The Morgan fingerprint density at radius 3 is 2.65 bits per heavy atom. The van der Waals surface area contributed by atoms with Gasteiger partial charge in [0.15, 0.2) is 0 Å². The number of rotatable bonds is 2. The van der Waals surface area contributed by atoms with Crippen LogP contribution in [0.4, 0.5) is 0 Å². The van der Waals surface area contributed by atoms with Crippen molar-refractivity contribution in [1.29, 1.82) is 0 Å². The smallest absolute Gasteiger partial charge is 0.274 e. The maximum atomic E-state index is 11.4. The summed E-state index contributed by atoms with van der Waals surface area (Å²) in [6, 6.07) is 16.3. The number of fused-ring (bicyclic) bond motifs is 1. The summed E-state index contributed by atoms with van der Waals surface area (Å²) in [5.41, 5.74) is 6.11. The van der Waals surface area contributed by atoms with Gasteiger partial charge in [0.2, 0.25) is 0 Å². The number of benzene rings is 2. The molecule has 3 nitrogen and oxygen atoms in total. The van der Waals surface area contributed by atoms with Gasteiger partial charge in [-0.1, -0.05) is 36.4 Å². The van der Waals surface area contributed by atoms with E-state index in [9.17, 15) is 4.79 Å². The molecule has 0 aliphatic heterocycles. The Morgan fingerprint density at radius 1 is 1.10 bits per heavy atom. The van der Waals surface area contributed by atoms with Crippen molar-refractivity contribution < 1.29 is 10.0 Å². The molecule has 20 heavy (non-hydrogen) atoms. The molecule has 0 heterocycles. The van der Waals surface area contributed by atoms with E-state index in [1.54, 1.807) is 11.5 Å². The van der Waals surface area contributed by atoms with Crippen LogP contribution in [0.3, 0.4) is 0 Å². The second-order valence-corrected chi connectivity index (χ2v) is 5.27. The van der Waals surface area contributed by atoms with Gasteiger partial charge in [0.1, 0.15) is 0 Å². The normalized spacial score (nSPS) is 17.4. The predicted molar refractivity (Wildman–Crippen MR) is 76.9 cm³/mol. The van der Waals surface area contributed by atoms with Crippen LogP contribution in [0.5, 0.6) is 0 Å². The van der Waals surface area contributed by atoms with Crippen molar-refractivity contribution in [3.63, 3.8) is 0 Å². The molecule has 1 unspecified atom stereocenters. The van der Waals surface area contributed by atoms with Crippen LogP contribution in [0, 0.1) is 0 Å². The molecule has 1 amide bonds. The van der Waals surface area contributed by atoms with E-state index in [0.717, 1.165) is 19.3 Å². The first-order valence-corrected chi connectivity index (χ1v) is 6.89. The average molecular weight is 267 g/mol. The maximum Gasteiger partial charge on any atom is 0.274 e. The molecule has 0 radical (unpaired) electrons. The highest BCUT2D eigenvalue weighted by molar-refractivity contribution is 5.93. The van der Waals surface area contributed by atoms with E-state index in [1.807, 2.05) is 18.2 Å². The van der Waals surface area contributed by atoms with Gasteiger partial charge < -0.3 is 0 Å². The van der Waals surface area contributed by atoms with Gasteiger partial charge in [0.25, 0.3) is 5.91 Å². The maximum absolute atomic E-state index is 11.4. The van der Waals surface area contributed by atoms with Gasteiger partial charge in [-0.3, -0.25) is 10.0 Å². The molecule has 3 heteroatoms. The largest absolute Gasteiger partial charge is 0.288 e. The molecule has 0 fully saturated rings. The first kappa shape index (κ1) is 12.9. The van der Waals surface area contributed by atoms with Crippen molar-refractivity contribution in [2.45, 2.75) is 25.2 Å². The second kappa shape index (κ2) is 5.47. The summed E-state index contributed by atoms with van der Waals surface area (Å²) in [6.45, 7) is 0. The van der Waals surface area contributed by atoms with Crippen LogP contribution < -0.4 is 5.48 Å². The molecule has 1 aliphatic rings. The van der Waals surface area contributed by atoms with E-state index in [2.05, 4.69) is 24.3 Å². The molecule has 1 atom stereocenters. The van der Waals surface area contributed by atoms with Crippen molar-refractivity contribution in [2.24, 2.45) is 0 Å². The van der Waals surface area contributed by atoms with Crippen molar-refractivity contribution in [2.75, 3.05) is 0 Å². The molecule has 0 aromatic heterocycles. The Labute approximate surface area is 118 Å². The Balaban J connectivity index is 1.84. The molecule has 0 saturated heterocycles. The Bertz CT molecular complexity index is 622. The molecular weight excluding hydrogens is 250 g/mol. The number of hydrogen-bond acceptors (Lipinski definition) is 2. The number of aryl methyl sites for hydroxylation is 1. The fourth-order valence-electron chi connectivity index (χ4n) is 2.97. The lowest BCUT2D eigenvalue weighted by molar-refractivity contribution is 0.0706. The van der Waals surface area contributed by atoms with Crippen LogP contribution in [0.2, 0.25) is 0 Å². The van der Waals surface area contributed by atoms with Crippen molar-refractivity contribution in [1.82, 2.24) is 5.48 Å². The standard InChI is InChI=1S/C17H17NO2/c19-17(18-20)16-9-8-14-10-13(6-7-15(14)11-16)12-4-2-1-3-5-12/h1-5,8-9,11,13,20H,6-7,10H2,(H,18,19). The Morgan fingerprint density at radius 2 is 1.90 bits per heavy atom. The quantitative estimate of drug-likeness (QED) is 0.649. The molecule has 0 spiro atoms. The predicted octanol–water partition coefficient (Wildman–Crippen LogP) is 3.08. The summed E-state index contributed by atoms with van der Waals surface area (Å²) in [5.74, 6) is 0.110. The number of carbonyl (C=O) groups is 1. The summed E-state index contributed by atoms with van der Waals surface area (Å²) >= 11 is 0. The van der Waals surface area contributed by atoms with Gasteiger partial charge in [-0.05, 0) is 54.0 Å². The van der Waals surface area contributed by atoms with E-state index in [4.69, 9.17) is 5.21 Å². The number of hydroxylamine groups is 1. The van der Waals surface area contributed by atoms with Gasteiger partial charge in [-0.25, -0.2) is 5.48 Å². The van der Waals surface area contributed by atoms with Crippen molar-refractivity contribution in [3.8, 4) is 0 Å². The van der Waals surface area contributed by atoms with Crippen LogP contribution in [0.1, 0.15) is 39.4 Å². The highest BCUT2D eigenvalue weighted by atomic mass is 16.5. The van der Waals surface area contributed by atoms with Gasteiger partial charge in [0.05, 0.1) is 0 Å². The van der Waals surface area contributed by atoms with Gasteiger partial charge >= 0.3 is 0 Å². The highest BCUT2D eigenvalue weighted by Crippen LogP contribution is 2.32. The lowest BCUT2D eigenvalue weighted by Crippen LogP contribution is -2.20. The molecular formula is C17H17NO2. The fourth-order valence-corrected chi connectivity index (χ4v) is 2.97. The zero-order chi connectivity index (χ0) is 13.9. The van der Waals surface area contributed by atoms with Crippen LogP contribution in [0.25, 0.3) is 0 Å². The second-order valence-electron chi connectivity index (χ2n) is 5.27. The van der Waals surface area contributed by atoms with E-state index < -0.39 is 5.91 Å². The zero-order valence-electron chi connectivity index (χ0n) is 11.2. The van der Waals surface area contributed by atoms with E-state index in [-0.39, 0.29) is 0 Å². The lowest BCUT2D eigenvalue weighted by Gasteiger charge is -2.25. The molecule has 0 saturated carbocycles. The number of nitrogens with one attached hydrogen (secondary N) is 1. The highest BCUT2D eigenvalue weighted by Gasteiger charge is 2.20. The van der Waals surface area contributed by atoms with Gasteiger partial charge in [-0.15, -0.1) is 0 Å². The van der Waals surface area contributed by atoms with Crippen LogP contribution in [-0.2, 0) is 12.8 Å². The Hall–Kier alpha value is -2.13. The Kier molecular flexibility index (Phi) is 3.52. The zero-order valence-corrected chi connectivity index (χ0v) is 11.2. The van der Waals surface area contributed by atoms with Crippen molar-refractivity contribution >= 4 is 5.91 Å². The summed E-state index contributed by atoms with van der Waals surface area (Å²) in [6.07, 6.45) is 3.09. The first-order valence-electron chi connectivity index (χ1n) is 6.89. The van der Waals surface area contributed by atoms with Crippen LogP contribution >= 0.6 is 0 Å². The van der Waals surface area contributed by atoms with Crippen LogP contribution in [0.15, 0.2) is 48.5 Å². The van der Waals surface area contributed by atoms with Crippen molar-refractivity contribution in [3.05, 3.63) is 70.8 Å². The molecule has 2 N–H and O–H groups in total. The topological polar surface area (TPSA) is 49.3 Å². The van der Waals surface area contributed by atoms with E-state index >= 15 is 0 Å². The molecule has 3 rings (SSSR count). The molecule has 2 aromatic carbocycles. The first-order chi connectivity index (χ1) is 9.78. The SMILES string of the molecule is O=C(NO)c1ccc2c(c1)CCC(c1ccccc1)C2. The molecule has 102 valence electrons. The summed E-state index contributed by atoms with van der Waals surface area (Å²) in [4.78, 5) is 11.4. The summed E-state index contributed by atoms with van der Waals surface area (Å²) in [7, 11) is 0. The summed E-state index contributed by atoms with van der Waals surface area (Å²) in [5, 5.41) is 8.68. The number of amides is 1. The summed E-state index contributed by atoms with van der Waals surface area (Å²) < 4.78 is 0. The average Bonchev–Trinajstić information content (AvgIpc) is 2.54. The minimum Gasteiger partial charge on any atom is -0.288 e. The minimum atomic E-state index is -0.446. The molecule has 0 bridgehead atoms. The third-order valence-electron chi connectivity index (χ3n) is 4.07. The lowest BCUT2D eigenvalue weighted by atomic mass is 9.80. The fraction of sp³-hybridized carbons (Fsp3) is 0.235. The number of hydrogen-bond donors (Lipinski definition) is 2. The molecule has 1 aliphatic carbocycles. The monoisotopic (exact) mass is 267 g/mol. The molecule has 2 aromatic rings.